The van der Waals surface area contributed by atoms with Crippen LogP contribution in [0.15, 0.2) is 24.3 Å². The highest BCUT2D eigenvalue weighted by atomic mass is 16.3. The smallest absolute Gasteiger partial charge is 0.245 e. The molecule has 2 heterocycles. The number of fused-ring (bicyclic) bond motifs is 1. The van der Waals surface area contributed by atoms with E-state index in [0.717, 1.165) is 50.2 Å². The minimum absolute atomic E-state index is 0.216. The Bertz CT molecular complexity index is 576. The first-order valence-corrected chi connectivity index (χ1v) is 7.04. The molecule has 106 valence electrons. The molecule has 3 rings (SSSR count). The Balaban J connectivity index is 1.77. The van der Waals surface area contributed by atoms with E-state index in [1.165, 1.54) is 0 Å². The third-order valence-electron chi connectivity index (χ3n) is 3.64. The lowest BCUT2D eigenvalue weighted by Crippen LogP contribution is -2.33. The molecule has 1 aromatic carbocycles. The molecule has 0 unspecified atom stereocenters. The van der Waals surface area contributed by atoms with Crippen LogP contribution < -0.4 is 4.90 Å². The molecule has 0 amide bonds. The van der Waals surface area contributed by atoms with Gasteiger partial charge in [-0.3, -0.25) is 4.90 Å². The monoisotopic (exact) mass is 273 g/mol. The number of para-hydroxylation sites is 1. The molecule has 0 atom stereocenters. The van der Waals surface area contributed by atoms with E-state index in [0.29, 0.717) is 5.95 Å². The van der Waals surface area contributed by atoms with Gasteiger partial charge in [-0.1, -0.05) is 12.1 Å². The summed E-state index contributed by atoms with van der Waals surface area (Å²) in [5.41, 5.74) is 1.71. The minimum Gasteiger partial charge on any atom is -0.395 e. The summed E-state index contributed by atoms with van der Waals surface area (Å²) in [6, 6.07) is 7.79. The lowest BCUT2D eigenvalue weighted by Gasteiger charge is -2.21. The van der Waals surface area contributed by atoms with Crippen LogP contribution in [0.1, 0.15) is 6.42 Å². The SMILES string of the molecule is OCCN1CCCN(c2nnc3ccccc3n2)CC1. The molecule has 1 aliphatic rings. The number of hydrogen-bond acceptors (Lipinski definition) is 6. The summed E-state index contributed by atoms with van der Waals surface area (Å²) in [5, 5.41) is 17.5. The van der Waals surface area contributed by atoms with E-state index in [2.05, 4.69) is 25.0 Å². The number of aliphatic hydroxyl groups is 1. The van der Waals surface area contributed by atoms with Crippen molar-refractivity contribution < 1.29 is 5.11 Å². The Hall–Kier alpha value is -1.79. The van der Waals surface area contributed by atoms with Gasteiger partial charge in [0.05, 0.1) is 12.1 Å². The lowest BCUT2D eigenvalue weighted by atomic mass is 10.3. The van der Waals surface area contributed by atoms with E-state index in [1.54, 1.807) is 0 Å². The zero-order valence-corrected chi connectivity index (χ0v) is 11.4. The van der Waals surface area contributed by atoms with Crippen molar-refractivity contribution in [2.45, 2.75) is 6.42 Å². The maximum atomic E-state index is 9.02. The van der Waals surface area contributed by atoms with Crippen LogP contribution in [0.5, 0.6) is 0 Å². The van der Waals surface area contributed by atoms with Crippen molar-refractivity contribution in [3.8, 4) is 0 Å². The summed E-state index contributed by atoms with van der Waals surface area (Å²) in [5.74, 6) is 0.703. The highest BCUT2D eigenvalue weighted by molar-refractivity contribution is 5.74. The summed E-state index contributed by atoms with van der Waals surface area (Å²) >= 11 is 0. The number of nitrogens with zero attached hydrogens (tertiary/aromatic N) is 5. The molecule has 1 N–H and O–H groups in total. The van der Waals surface area contributed by atoms with Crippen molar-refractivity contribution >= 4 is 17.0 Å². The molecule has 20 heavy (non-hydrogen) atoms. The van der Waals surface area contributed by atoms with Gasteiger partial charge in [-0.2, -0.15) is 0 Å². The predicted molar refractivity (Wildman–Crippen MR) is 77.7 cm³/mol. The second-order valence-corrected chi connectivity index (χ2v) is 5.01. The highest BCUT2D eigenvalue weighted by Crippen LogP contribution is 2.14. The fourth-order valence-electron chi connectivity index (χ4n) is 2.54. The van der Waals surface area contributed by atoms with E-state index in [9.17, 15) is 0 Å². The summed E-state index contributed by atoms with van der Waals surface area (Å²) < 4.78 is 0. The number of anilines is 1. The molecule has 6 nitrogen and oxygen atoms in total. The molecule has 0 spiro atoms. The van der Waals surface area contributed by atoms with Gasteiger partial charge in [-0.25, -0.2) is 4.98 Å². The van der Waals surface area contributed by atoms with E-state index < -0.39 is 0 Å². The van der Waals surface area contributed by atoms with Crippen LogP contribution in [-0.2, 0) is 0 Å². The number of aromatic nitrogens is 3. The summed E-state index contributed by atoms with van der Waals surface area (Å²) in [6.45, 7) is 4.70. The minimum atomic E-state index is 0.216. The molecule has 1 fully saturated rings. The zero-order chi connectivity index (χ0) is 13.8. The molecular weight excluding hydrogens is 254 g/mol. The van der Waals surface area contributed by atoms with E-state index in [1.807, 2.05) is 24.3 Å². The third kappa shape index (κ3) is 2.86. The van der Waals surface area contributed by atoms with Crippen LogP contribution in [-0.4, -0.2) is 64.5 Å². The van der Waals surface area contributed by atoms with Gasteiger partial charge in [0.15, 0.2) is 0 Å². The highest BCUT2D eigenvalue weighted by Gasteiger charge is 2.17. The topological polar surface area (TPSA) is 65.4 Å². The van der Waals surface area contributed by atoms with Gasteiger partial charge in [-0.15, -0.1) is 10.2 Å². The van der Waals surface area contributed by atoms with Gasteiger partial charge >= 0.3 is 0 Å². The van der Waals surface area contributed by atoms with Gasteiger partial charge in [0.1, 0.15) is 5.52 Å². The second kappa shape index (κ2) is 6.11. The third-order valence-corrected chi connectivity index (χ3v) is 3.64. The largest absolute Gasteiger partial charge is 0.395 e. The van der Waals surface area contributed by atoms with E-state index in [4.69, 9.17) is 5.11 Å². The molecule has 1 aromatic heterocycles. The van der Waals surface area contributed by atoms with Gasteiger partial charge in [0.25, 0.3) is 0 Å². The first-order chi connectivity index (χ1) is 9.86. The average Bonchev–Trinajstić information content (AvgIpc) is 2.73. The number of benzene rings is 1. The van der Waals surface area contributed by atoms with Gasteiger partial charge < -0.3 is 10.0 Å². The Morgan fingerprint density at radius 2 is 1.85 bits per heavy atom. The zero-order valence-electron chi connectivity index (χ0n) is 11.4. The fraction of sp³-hybridized carbons (Fsp3) is 0.500. The molecule has 0 aliphatic carbocycles. The molecular formula is C14H19N5O. The molecule has 6 heteroatoms. The Morgan fingerprint density at radius 3 is 2.70 bits per heavy atom. The predicted octanol–water partition coefficient (Wildman–Crippen LogP) is 0.529. The number of hydrogen-bond donors (Lipinski definition) is 1. The van der Waals surface area contributed by atoms with Gasteiger partial charge in [0.2, 0.25) is 5.95 Å². The number of rotatable bonds is 3. The van der Waals surface area contributed by atoms with Crippen LogP contribution >= 0.6 is 0 Å². The van der Waals surface area contributed by atoms with Crippen LogP contribution in [0.3, 0.4) is 0 Å². The van der Waals surface area contributed by atoms with Crippen LogP contribution in [0, 0.1) is 0 Å². The first kappa shape index (κ1) is 13.2. The standard InChI is InChI=1S/C14H19N5O/c20-11-10-18-6-3-7-19(9-8-18)14-15-12-4-1-2-5-13(12)16-17-14/h1-2,4-5,20H,3,6-11H2. The normalized spacial score (nSPS) is 17.4. The van der Waals surface area contributed by atoms with Crippen LogP contribution in [0.25, 0.3) is 11.0 Å². The Labute approximate surface area is 118 Å². The summed E-state index contributed by atoms with van der Waals surface area (Å²) in [6.07, 6.45) is 1.05. The molecule has 1 aliphatic heterocycles. The molecule has 0 bridgehead atoms. The number of aliphatic hydroxyl groups excluding tert-OH is 1. The van der Waals surface area contributed by atoms with Gasteiger partial charge in [-0.05, 0) is 25.1 Å². The maximum Gasteiger partial charge on any atom is 0.245 e. The van der Waals surface area contributed by atoms with Crippen LogP contribution in [0.4, 0.5) is 5.95 Å². The quantitative estimate of drug-likeness (QED) is 0.880. The van der Waals surface area contributed by atoms with Crippen molar-refractivity contribution in [3.63, 3.8) is 0 Å². The Kier molecular flexibility index (Phi) is 4.03. The maximum absolute atomic E-state index is 9.02. The average molecular weight is 273 g/mol. The first-order valence-electron chi connectivity index (χ1n) is 7.04. The van der Waals surface area contributed by atoms with Crippen LogP contribution in [0.2, 0.25) is 0 Å². The van der Waals surface area contributed by atoms with E-state index >= 15 is 0 Å². The van der Waals surface area contributed by atoms with Crippen molar-refractivity contribution in [2.24, 2.45) is 0 Å². The number of β-amino-alcohol motifs (C(OH)–C–C–N with tert-alkyl or cyclic N) is 1. The molecule has 1 saturated heterocycles. The van der Waals surface area contributed by atoms with Crippen molar-refractivity contribution in [3.05, 3.63) is 24.3 Å². The van der Waals surface area contributed by atoms with Gasteiger partial charge in [0, 0.05) is 26.2 Å². The Morgan fingerprint density at radius 1 is 1.00 bits per heavy atom. The summed E-state index contributed by atoms with van der Waals surface area (Å²) in [4.78, 5) is 9.05. The molecule has 0 saturated carbocycles. The van der Waals surface area contributed by atoms with Crippen molar-refractivity contribution in [2.75, 3.05) is 44.2 Å². The molecule has 2 aromatic rings. The second-order valence-electron chi connectivity index (χ2n) is 5.01. The lowest BCUT2D eigenvalue weighted by molar-refractivity contribution is 0.204. The fourth-order valence-corrected chi connectivity index (χ4v) is 2.54. The van der Waals surface area contributed by atoms with E-state index in [-0.39, 0.29) is 6.61 Å². The van der Waals surface area contributed by atoms with Crippen molar-refractivity contribution in [1.29, 1.82) is 0 Å². The summed E-state index contributed by atoms with van der Waals surface area (Å²) in [7, 11) is 0. The van der Waals surface area contributed by atoms with Crippen molar-refractivity contribution in [1.82, 2.24) is 20.1 Å². The molecule has 0 radical (unpaired) electrons.